The predicted molar refractivity (Wildman–Crippen MR) is 65.6 cm³/mol. The lowest BCUT2D eigenvalue weighted by Gasteiger charge is -2.25. The molecule has 1 saturated carbocycles. The zero-order valence-corrected chi connectivity index (χ0v) is 10.7. The quantitative estimate of drug-likeness (QED) is 0.841. The average molecular weight is 238 g/mol. The van der Waals surface area contributed by atoms with Crippen molar-refractivity contribution in [1.29, 1.82) is 0 Å². The lowest BCUT2D eigenvalue weighted by molar-refractivity contribution is 0.108. The maximum atomic E-state index is 9.42. The molecule has 2 rings (SSSR count). The second-order valence-corrected chi connectivity index (χ2v) is 5.05. The third-order valence-corrected chi connectivity index (χ3v) is 3.60. The molecule has 4 heteroatoms. The van der Waals surface area contributed by atoms with Crippen LogP contribution in [0.25, 0.3) is 0 Å². The van der Waals surface area contributed by atoms with Gasteiger partial charge in [0, 0.05) is 0 Å². The van der Waals surface area contributed by atoms with Crippen LogP contribution in [0.5, 0.6) is 0 Å². The van der Waals surface area contributed by atoms with Crippen LogP contribution in [0, 0.1) is 19.8 Å². The molecule has 0 atom stereocenters. The van der Waals surface area contributed by atoms with Crippen LogP contribution in [-0.4, -0.2) is 22.7 Å². The third-order valence-electron chi connectivity index (χ3n) is 3.60. The van der Waals surface area contributed by atoms with E-state index in [2.05, 4.69) is 10.3 Å². The minimum atomic E-state index is -0.0664. The maximum Gasteiger partial charge on any atom is 0.208 e. The van der Waals surface area contributed by atoms with Crippen LogP contribution in [-0.2, 0) is 6.54 Å². The van der Waals surface area contributed by atoms with E-state index in [1.807, 2.05) is 13.8 Å². The third kappa shape index (κ3) is 3.54. The first-order valence-electron chi connectivity index (χ1n) is 6.47. The van der Waals surface area contributed by atoms with Gasteiger partial charge in [-0.05, 0) is 52.0 Å². The molecule has 1 aromatic heterocycles. The number of rotatable bonds is 4. The lowest BCUT2D eigenvalue weighted by Crippen LogP contribution is -2.27. The maximum absolute atomic E-state index is 9.42. The highest BCUT2D eigenvalue weighted by atomic mass is 16.4. The van der Waals surface area contributed by atoms with E-state index in [1.54, 1.807) is 0 Å². The Morgan fingerprint density at radius 3 is 2.59 bits per heavy atom. The van der Waals surface area contributed by atoms with E-state index in [1.165, 1.54) is 0 Å². The number of nitrogens with zero attached hydrogens (tertiary/aromatic N) is 1. The fourth-order valence-corrected chi connectivity index (χ4v) is 2.35. The highest BCUT2D eigenvalue weighted by molar-refractivity contribution is 5.05. The van der Waals surface area contributed by atoms with Gasteiger partial charge in [0.25, 0.3) is 0 Å². The van der Waals surface area contributed by atoms with E-state index in [4.69, 9.17) is 4.42 Å². The Balaban J connectivity index is 1.69. The van der Waals surface area contributed by atoms with Crippen molar-refractivity contribution in [3.8, 4) is 0 Å². The summed E-state index contributed by atoms with van der Waals surface area (Å²) in [5.41, 5.74) is 0.975. The smallest absolute Gasteiger partial charge is 0.208 e. The molecule has 1 aliphatic carbocycles. The molecule has 0 amide bonds. The molecule has 0 bridgehead atoms. The second kappa shape index (κ2) is 5.65. The van der Waals surface area contributed by atoms with Crippen molar-refractivity contribution >= 4 is 0 Å². The fourth-order valence-electron chi connectivity index (χ4n) is 2.35. The SMILES string of the molecule is Cc1nc(CNCC2CCC(O)CC2)oc1C. The van der Waals surface area contributed by atoms with Gasteiger partial charge >= 0.3 is 0 Å². The molecule has 0 saturated heterocycles. The molecule has 1 aromatic rings. The molecule has 0 aliphatic heterocycles. The summed E-state index contributed by atoms with van der Waals surface area (Å²) in [7, 11) is 0. The molecule has 0 spiro atoms. The number of hydrogen-bond acceptors (Lipinski definition) is 4. The Kier molecular flexibility index (Phi) is 4.18. The second-order valence-electron chi connectivity index (χ2n) is 5.05. The number of nitrogens with one attached hydrogen (secondary N) is 1. The summed E-state index contributed by atoms with van der Waals surface area (Å²) in [4.78, 5) is 4.34. The van der Waals surface area contributed by atoms with E-state index < -0.39 is 0 Å². The Hall–Kier alpha value is -0.870. The standard InChI is InChI=1S/C13H22N2O2/c1-9-10(2)17-13(15-9)8-14-7-11-3-5-12(16)6-4-11/h11-12,14,16H,3-8H2,1-2H3. The molecule has 0 unspecified atom stereocenters. The topological polar surface area (TPSA) is 58.3 Å². The van der Waals surface area contributed by atoms with Crippen LogP contribution in [0.1, 0.15) is 43.0 Å². The van der Waals surface area contributed by atoms with Crippen molar-refractivity contribution in [1.82, 2.24) is 10.3 Å². The minimum absolute atomic E-state index is 0.0664. The highest BCUT2D eigenvalue weighted by Crippen LogP contribution is 2.23. The average Bonchev–Trinajstić information content (AvgIpc) is 2.61. The Morgan fingerprint density at radius 1 is 1.29 bits per heavy atom. The first kappa shape index (κ1) is 12.6. The molecule has 96 valence electrons. The molecule has 1 fully saturated rings. The number of hydrogen-bond donors (Lipinski definition) is 2. The molecule has 0 aromatic carbocycles. The highest BCUT2D eigenvalue weighted by Gasteiger charge is 2.18. The molecule has 1 aliphatic rings. The van der Waals surface area contributed by atoms with Crippen molar-refractivity contribution in [2.24, 2.45) is 5.92 Å². The van der Waals surface area contributed by atoms with Crippen molar-refractivity contribution in [2.75, 3.05) is 6.54 Å². The zero-order chi connectivity index (χ0) is 12.3. The number of aliphatic hydroxyl groups is 1. The number of oxazole rings is 1. The van der Waals surface area contributed by atoms with Gasteiger partial charge in [-0.25, -0.2) is 4.98 Å². The van der Waals surface area contributed by atoms with Gasteiger partial charge in [-0.15, -0.1) is 0 Å². The van der Waals surface area contributed by atoms with Crippen LogP contribution in [0.4, 0.5) is 0 Å². The van der Waals surface area contributed by atoms with E-state index in [0.29, 0.717) is 12.5 Å². The predicted octanol–water partition coefficient (Wildman–Crippen LogP) is 1.93. The summed E-state index contributed by atoms with van der Waals surface area (Å²) < 4.78 is 5.51. The van der Waals surface area contributed by atoms with Crippen LogP contribution < -0.4 is 5.32 Å². The summed E-state index contributed by atoms with van der Waals surface area (Å²) in [6, 6.07) is 0. The van der Waals surface area contributed by atoms with E-state index in [9.17, 15) is 5.11 Å². The zero-order valence-electron chi connectivity index (χ0n) is 10.7. The van der Waals surface area contributed by atoms with Crippen LogP contribution in [0.2, 0.25) is 0 Å². The molecule has 1 heterocycles. The van der Waals surface area contributed by atoms with Crippen molar-refractivity contribution < 1.29 is 9.52 Å². The first-order chi connectivity index (χ1) is 8.15. The minimum Gasteiger partial charge on any atom is -0.444 e. The molecular formula is C13H22N2O2. The number of aromatic nitrogens is 1. The van der Waals surface area contributed by atoms with Gasteiger partial charge in [-0.3, -0.25) is 0 Å². The molecule has 0 radical (unpaired) electrons. The van der Waals surface area contributed by atoms with Gasteiger partial charge in [-0.2, -0.15) is 0 Å². The molecule has 17 heavy (non-hydrogen) atoms. The molecular weight excluding hydrogens is 216 g/mol. The summed E-state index contributed by atoms with van der Waals surface area (Å²) >= 11 is 0. The van der Waals surface area contributed by atoms with Crippen LogP contribution >= 0.6 is 0 Å². The first-order valence-corrected chi connectivity index (χ1v) is 6.47. The van der Waals surface area contributed by atoms with Gasteiger partial charge < -0.3 is 14.8 Å². The summed E-state index contributed by atoms with van der Waals surface area (Å²) in [6.07, 6.45) is 4.08. The van der Waals surface area contributed by atoms with E-state index in [-0.39, 0.29) is 6.10 Å². The summed E-state index contributed by atoms with van der Waals surface area (Å²) in [5, 5.41) is 12.8. The number of aryl methyl sites for hydroxylation is 2. The van der Waals surface area contributed by atoms with Gasteiger partial charge in [0.15, 0.2) is 0 Å². The Morgan fingerprint density at radius 2 is 2.00 bits per heavy atom. The number of aliphatic hydroxyl groups excluding tert-OH is 1. The Labute approximate surface area is 102 Å². The monoisotopic (exact) mass is 238 g/mol. The Bertz CT molecular complexity index is 335. The van der Waals surface area contributed by atoms with Gasteiger partial charge in [-0.1, -0.05) is 0 Å². The van der Waals surface area contributed by atoms with Gasteiger partial charge in [0.1, 0.15) is 5.76 Å². The van der Waals surface area contributed by atoms with Crippen molar-refractivity contribution in [3.63, 3.8) is 0 Å². The lowest BCUT2D eigenvalue weighted by atomic mass is 9.87. The van der Waals surface area contributed by atoms with Gasteiger partial charge in [0.05, 0.1) is 18.3 Å². The van der Waals surface area contributed by atoms with Gasteiger partial charge in [0.2, 0.25) is 5.89 Å². The van der Waals surface area contributed by atoms with Crippen molar-refractivity contribution in [2.45, 2.75) is 52.2 Å². The largest absolute Gasteiger partial charge is 0.444 e. The van der Waals surface area contributed by atoms with E-state index in [0.717, 1.165) is 49.6 Å². The van der Waals surface area contributed by atoms with Crippen LogP contribution in [0.15, 0.2) is 4.42 Å². The molecule has 2 N–H and O–H groups in total. The van der Waals surface area contributed by atoms with Crippen LogP contribution in [0.3, 0.4) is 0 Å². The van der Waals surface area contributed by atoms with E-state index >= 15 is 0 Å². The van der Waals surface area contributed by atoms with Crippen molar-refractivity contribution in [3.05, 3.63) is 17.3 Å². The molecule has 4 nitrogen and oxygen atoms in total. The fraction of sp³-hybridized carbons (Fsp3) is 0.769. The summed E-state index contributed by atoms with van der Waals surface area (Å²) in [6.45, 7) is 5.60. The summed E-state index contributed by atoms with van der Waals surface area (Å²) in [5.74, 6) is 2.37. The normalized spacial score (nSPS) is 25.1.